The molecule has 1 aromatic rings. The molecule has 2 rings (SSSR count). The fraction of sp³-hybridized carbons (Fsp3) is 0.571. The Labute approximate surface area is 112 Å². The lowest BCUT2D eigenvalue weighted by Crippen LogP contribution is -2.28. The van der Waals surface area contributed by atoms with Gasteiger partial charge in [-0.2, -0.15) is 0 Å². The molecule has 0 bridgehead atoms. The minimum Gasteiger partial charge on any atom is -0.384 e. The van der Waals surface area contributed by atoms with Gasteiger partial charge in [-0.05, 0) is 78.8 Å². The summed E-state index contributed by atoms with van der Waals surface area (Å²) in [7, 11) is 0. The second-order valence-corrected chi connectivity index (χ2v) is 5.75. The molecule has 0 saturated carbocycles. The van der Waals surface area contributed by atoms with Crippen molar-refractivity contribution in [2.75, 3.05) is 25.0 Å². The van der Waals surface area contributed by atoms with Crippen molar-refractivity contribution < 1.29 is 0 Å². The molecule has 0 aromatic heterocycles. The Balaban J connectivity index is 1.77. The van der Waals surface area contributed by atoms with E-state index in [1.54, 1.807) is 0 Å². The van der Waals surface area contributed by atoms with Crippen molar-refractivity contribution in [3.8, 4) is 0 Å². The minimum absolute atomic E-state index is 0.896. The quantitative estimate of drug-likeness (QED) is 0.888. The van der Waals surface area contributed by atoms with E-state index in [4.69, 9.17) is 0 Å². The summed E-state index contributed by atoms with van der Waals surface area (Å²) in [4.78, 5) is 0. The molecule has 1 fully saturated rings. The zero-order chi connectivity index (χ0) is 12.1. The Morgan fingerprint density at radius 1 is 1.35 bits per heavy atom. The van der Waals surface area contributed by atoms with Crippen LogP contribution in [0.15, 0.2) is 22.7 Å². The normalized spacial score (nSPS) is 17.1. The van der Waals surface area contributed by atoms with E-state index in [-0.39, 0.29) is 0 Å². The predicted molar refractivity (Wildman–Crippen MR) is 77.6 cm³/mol. The molecule has 0 amide bonds. The van der Waals surface area contributed by atoms with Gasteiger partial charge in [-0.15, -0.1) is 0 Å². The van der Waals surface area contributed by atoms with Crippen LogP contribution in [-0.4, -0.2) is 19.6 Å². The van der Waals surface area contributed by atoms with Crippen LogP contribution in [0.2, 0.25) is 0 Å². The first-order chi connectivity index (χ1) is 8.25. The van der Waals surface area contributed by atoms with E-state index in [1.165, 1.54) is 48.1 Å². The number of benzene rings is 1. The monoisotopic (exact) mass is 296 g/mol. The van der Waals surface area contributed by atoms with Crippen LogP contribution in [0.4, 0.5) is 5.69 Å². The van der Waals surface area contributed by atoms with Gasteiger partial charge >= 0.3 is 0 Å². The van der Waals surface area contributed by atoms with E-state index in [1.807, 2.05) is 0 Å². The summed E-state index contributed by atoms with van der Waals surface area (Å²) in [6, 6.07) is 6.46. The summed E-state index contributed by atoms with van der Waals surface area (Å²) < 4.78 is 1.17. The lowest BCUT2D eigenvalue weighted by molar-refractivity contribution is 0.361. The molecule has 0 atom stereocenters. The second kappa shape index (κ2) is 6.41. The number of halogens is 1. The number of rotatable bonds is 4. The predicted octanol–water partition coefficient (Wildman–Crippen LogP) is 3.56. The van der Waals surface area contributed by atoms with Crippen molar-refractivity contribution in [1.29, 1.82) is 0 Å². The Morgan fingerprint density at radius 3 is 2.82 bits per heavy atom. The van der Waals surface area contributed by atoms with Gasteiger partial charge < -0.3 is 10.6 Å². The second-order valence-electron chi connectivity index (χ2n) is 4.89. The van der Waals surface area contributed by atoms with Gasteiger partial charge in [0.2, 0.25) is 0 Å². The molecule has 94 valence electrons. The highest BCUT2D eigenvalue weighted by atomic mass is 79.9. The topological polar surface area (TPSA) is 24.1 Å². The molecule has 3 heteroatoms. The lowest BCUT2D eigenvalue weighted by atomic mass is 9.95. The van der Waals surface area contributed by atoms with Gasteiger partial charge in [0.25, 0.3) is 0 Å². The Kier molecular flexibility index (Phi) is 4.86. The van der Waals surface area contributed by atoms with Gasteiger partial charge in [0.1, 0.15) is 0 Å². The van der Waals surface area contributed by atoms with E-state index in [2.05, 4.69) is 51.7 Å². The van der Waals surface area contributed by atoms with Crippen molar-refractivity contribution in [3.63, 3.8) is 0 Å². The molecular weight excluding hydrogens is 276 g/mol. The van der Waals surface area contributed by atoms with Gasteiger partial charge in [-0.1, -0.05) is 6.07 Å². The van der Waals surface area contributed by atoms with Crippen LogP contribution < -0.4 is 10.6 Å². The highest BCUT2D eigenvalue weighted by molar-refractivity contribution is 9.10. The standard InChI is InChI=1S/C14H21BrN2/c1-11-2-3-14(13(15)10-11)17-9-6-12-4-7-16-8-5-12/h2-3,10,12,16-17H,4-9H2,1H3. The maximum atomic E-state index is 3.60. The van der Waals surface area contributed by atoms with E-state index in [0.717, 1.165) is 12.5 Å². The fourth-order valence-corrected chi connectivity index (χ4v) is 2.98. The largest absolute Gasteiger partial charge is 0.384 e. The van der Waals surface area contributed by atoms with E-state index in [0.29, 0.717) is 0 Å². The van der Waals surface area contributed by atoms with Gasteiger partial charge in [0.15, 0.2) is 0 Å². The van der Waals surface area contributed by atoms with Crippen molar-refractivity contribution in [2.45, 2.75) is 26.2 Å². The van der Waals surface area contributed by atoms with Crippen molar-refractivity contribution in [3.05, 3.63) is 28.2 Å². The molecule has 1 aliphatic heterocycles. The number of hydrogen-bond donors (Lipinski definition) is 2. The van der Waals surface area contributed by atoms with Crippen LogP contribution in [0.1, 0.15) is 24.8 Å². The maximum absolute atomic E-state index is 3.60. The van der Waals surface area contributed by atoms with Crippen LogP contribution in [0.25, 0.3) is 0 Å². The fourth-order valence-electron chi connectivity index (χ4n) is 2.34. The number of nitrogens with one attached hydrogen (secondary N) is 2. The summed E-state index contributed by atoms with van der Waals surface area (Å²) in [6.45, 7) is 5.58. The van der Waals surface area contributed by atoms with Crippen LogP contribution in [0.3, 0.4) is 0 Å². The minimum atomic E-state index is 0.896. The number of hydrogen-bond acceptors (Lipinski definition) is 2. The Hall–Kier alpha value is -0.540. The molecule has 1 aliphatic rings. The highest BCUT2D eigenvalue weighted by Crippen LogP contribution is 2.24. The summed E-state index contributed by atoms with van der Waals surface area (Å²) in [5.74, 6) is 0.896. The van der Waals surface area contributed by atoms with Crippen LogP contribution in [-0.2, 0) is 0 Å². The zero-order valence-corrected chi connectivity index (χ0v) is 12.0. The average molecular weight is 297 g/mol. The van der Waals surface area contributed by atoms with E-state index >= 15 is 0 Å². The van der Waals surface area contributed by atoms with E-state index in [9.17, 15) is 0 Å². The molecule has 1 aromatic carbocycles. The van der Waals surface area contributed by atoms with Crippen LogP contribution in [0, 0.1) is 12.8 Å². The molecule has 0 radical (unpaired) electrons. The van der Waals surface area contributed by atoms with Crippen LogP contribution in [0.5, 0.6) is 0 Å². The molecule has 1 heterocycles. The molecule has 0 unspecified atom stereocenters. The lowest BCUT2D eigenvalue weighted by Gasteiger charge is -2.22. The molecular formula is C14H21BrN2. The summed E-state index contributed by atoms with van der Waals surface area (Å²) >= 11 is 3.60. The smallest absolute Gasteiger partial charge is 0.0484 e. The molecule has 0 aliphatic carbocycles. The average Bonchev–Trinajstić information content (AvgIpc) is 2.33. The van der Waals surface area contributed by atoms with Gasteiger partial charge in [0.05, 0.1) is 0 Å². The third-order valence-corrected chi connectivity index (χ3v) is 4.11. The SMILES string of the molecule is Cc1ccc(NCCC2CCNCC2)c(Br)c1. The maximum Gasteiger partial charge on any atom is 0.0484 e. The van der Waals surface area contributed by atoms with Gasteiger partial charge in [-0.3, -0.25) is 0 Å². The van der Waals surface area contributed by atoms with Crippen molar-refractivity contribution in [2.24, 2.45) is 5.92 Å². The number of piperidine rings is 1. The summed E-state index contributed by atoms with van der Waals surface area (Å²) in [6.07, 6.45) is 3.94. The summed E-state index contributed by atoms with van der Waals surface area (Å²) in [5.41, 5.74) is 2.50. The Morgan fingerprint density at radius 2 is 2.12 bits per heavy atom. The molecule has 2 nitrogen and oxygen atoms in total. The molecule has 1 saturated heterocycles. The first kappa shape index (κ1) is 12.9. The first-order valence-electron chi connectivity index (χ1n) is 6.46. The highest BCUT2D eigenvalue weighted by Gasteiger charge is 2.12. The van der Waals surface area contributed by atoms with Crippen molar-refractivity contribution in [1.82, 2.24) is 5.32 Å². The molecule has 17 heavy (non-hydrogen) atoms. The summed E-state index contributed by atoms with van der Waals surface area (Å²) in [5, 5.41) is 6.93. The molecule has 0 spiro atoms. The number of aryl methyl sites for hydroxylation is 1. The first-order valence-corrected chi connectivity index (χ1v) is 7.26. The number of anilines is 1. The van der Waals surface area contributed by atoms with E-state index < -0.39 is 0 Å². The van der Waals surface area contributed by atoms with Crippen molar-refractivity contribution >= 4 is 21.6 Å². The van der Waals surface area contributed by atoms with Gasteiger partial charge in [-0.25, -0.2) is 0 Å². The zero-order valence-electron chi connectivity index (χ0n) is 10.4. The van der Waals surface area contributed by atoms with Crippen LogP contribution >= 0.6 is 15.9 Å². The third kappa shape index (κ3) is 4.00. The molecule has 2 N–H and O–H groups in total. The Bertz CT molecular complexity index is 359. The van der Waals surface area contributed by atoms with Gasteiger partial charge in [0, 0.05) is 16.7 Å². The third-order valence-electron chi connectivity index (χ3n) is 3.45.